The van der Waals surface area contributed by atoms with E-state index in [2.05, 4.69) is 0 Å². The number of carbonyl (C=O) groups is 2. The summed E-state index contributed by atoms with van der Waals surface area (Å²) in [6.07, 6.45) is 0.931. The fourth-order valence-corrected chi connectivity index (χ4v) is 1.54. The van der Waals surface area contributed by atoms with Gasteiger partial charge in [0, 0.05) is 30.6 Å². The number of Topliss-reactive ketones (excluding diaryl/α,β-unsaturated/α-hetero) is 1. The predicted octanol–water partition coefficient (Wildman–Crippen LogP) is 0.969. The molecule has 2 unspecified atom stereocenters. The molecule has 0 heterocycles. The molecule has 0 aromatic carbocycles. The topological polar surface area (TPSA) is 97.5 Å². The zero-order valence-corrected chi connectivity index (χ0v) is 8.80. The molecular formula is C9H15NO5. The van der Waals surface area contributed by atoms with Crippen molar-refractivity contribution in [1.29, 1.82) is 0 Å². The Balaban J connectivity index is 0.000000423. The van der Waals surface area contributed by atoms with Crippen LogP contribution >= 0.6 is 0 Å². The molecule has 15 heavy (non-hydrogen) atoms. The van der Waals surface area contributed by atoms with E-state index in [4.69, 9.17) is 9.90 Å². The average molecular weight is 217 g/mol. The summed E-state index contributed by atoms with van der Waals surface area (Å²) in [6, 6.07) is 0. The number of hydrogen-bond acceptors (Lipinski definition) is 4. The van der Waals surface area contributed by atoms with Crippen LogP contribution in [0.3, 0.4) is 0 Å². The summed E-state index contributed by atoms with van der Waals surface area (Å²) < 4.78 is 0. The van der Waals surface area contributed by atoms with Crippen molar-refractivity contribution in [2.45, 2.75) is 26.7 Å². The Morgan fingerprint density at radius 2 is 2.07 bits per heavy atom. The maximum Gasteiger partial charge on any atom is 0.300 e. The van der Waals surface area contributed by atoms with Crippen LogP contribution in [-0.2, 0) is 9.59 Å². The first-order chi connectivity index (χ1) is 6.82. The monoisotopic (exact) mass is 217 g/mol. The zero-order chi connectivity index (χ0) is 12.0. The quantitative estimate of drug-likeness (QED) is 0.549. The first kappa shape index (κ1) is 13.5. The Morgan fingerprint density at radius 1 is 1.60 bits per heavy atom. The molecule has 1 rings (SSSR count). The van der Waals surface area contributed by atoms with Gasteiger partial charge in [-0.25, -0.2) is 0 Å². The number of carboxylic acids is 1. The molecule has 0 aromatic rings. The number of carboxylic acid groups (broad SMARTS) is 1. The molecule has 0 spiro atoms. The number of aliphatic carboxylic acids is 1. The molecule has 1 N–H and O–H groups in total. The summed E-state index contributed by atoms with van der Waals surface area (Å²) in [5, 5.41) is 17.5. The lowest BCUT2D eigenvalue weighted by molar-refractivity contribution is -0.489. The number of rotatable bonds is 2. The second-order valence-electron chi connectivity index (χ2n) is 3.72. The van der Waals surface area contributed by atoms with Crippen molar-refractivity contribution in [2.24, 2.45) is 11.8 Å². The van der Waals surface area contributed by atoms with E-state index in [1.807, 2.05) is 6.92 Å². The molecule has 0 bridgehead atoms. The van der Waals surface area contributed by atoms with Gasteiger partial charge in [0.15, 0.2) is 0 Å². The lowest BCUT2D eigenvalue weighted by Gasteiger charge is -2.07. The standard InChI is InChI=1S/C7H11NO3.C2H4O2/c1-5-2-7(9)3-6(5)4-8(10)11;1-2(3)4/h5-6H,2-4H2,1H3;1H3,(H,3,4). The molecule has 0 radical (unpaired) electrons. The van der Waals surface area contributed by atoms with E-state index < -0.39 is 5.97 Å². The van der Waals surface area contributed by atoms with Crippen molar-refractivity contribution in [3.8, 4) is 0 Å². The molecule has 6 nitrogen and oxygen atoms in total. The van der Waals surface area contributed by atoms with Gasteiger partial charge in [-0.3, -0.25) is 19.7 Å². The Morgan fingerprint density at radius 3 is 2.33 bits per heavy atom. The average Bonchev–Trinajstić information content (AvgIpc) is 2.27. The van der Waals surface area contributed by atoms with Gasteiger partial charge in [-0.15, -0.1) is 0 Å². The van der Waals surface area contributed by atoms with Crippen molar-refractivity contribution >= 4 is 11.8 Å². The molecule has 1 aliphatic carbocycles. The van der Waals surface area contributed by atoms with Crippen LogP contribution in [-0.4, -0.2) is 28.3 Å². The normalized spacial score (nSPS) is 24.3. The summed E-state index contributed by atoms with van der Waals surface area (Å²) in [5.41, 5.74) is 0. The summed E-state index contributed by atoms with van der Waals surface area (Å²) in [5.74, 6) is -0.477. The zero-order valence-electron chi connectivity index (χ0n) is 8.80. The minimum Gasteiger partial charge on any atom is -0.481 e. The van der Waals surface area contributed by atoms with Gasteiger partial charge in [-0.1, -0.05) is 6.92 Å². The van der Waals surface area contributed by atoms with E-state index in [0.717, 1.165) is 6.92 Å². The fraction of sp³-hybridized carbons (Fsp3) is 0.778. The minimum atomic E-state index is -0.833. The molecule has 1 saturated carbocycles. The van der Waals surface area contributed by atoms with Gasteiger partial charge < -0.3 is 5.11 Å². The second kappa shape index (κ2) is 6.10. The van der Waals surface area contributed by atoms with Gasteiger partial charge in [0.25, 0.3) is 5.97 Å². The molecule has 0 aliphatic heterocycles. The van der Waals surface area contributed by atoms with E-state index in [-0.39, 0.29) is 29.1 Å². The maximum absolute atomic E-state index is 10.8. The summed E-state index contributed by atoms with van der Waals surface area (Å²) in [4.78, 5) is 29.6. The Labute approximate surface area is 87.4 Å². The summed E-state index contributed by atoms with van der Waals surface area (Å²) in [6.45, 7) is 2.94. The molecule has 0 saturated heterocycles. The third-order valence-corrected chi connectivity index (χ3v) is 2.23. The first-order valence-corrected chi connectivity index (χ1v) is 4.66. The van der Waals surface area contributed by atoms with Gasteiger partial charge in [0.2, 0.25) is 6.54 Å². The van der Waals surface area contributed by atoms with Crippen molar-refractivity contribution < 1.29 is 19.6 Å². The fourth-order valence-electron chi connectivity index (χ4n) is 1.54. The Kier molecular flexibility index (Phi) is 5.51. The van der Waals surface area contributed by atoms with E-state index in [1.54, 1.807) is 0 Å². The number of hydrogen-bond donors (Lipinski definition) is 1. The lowest BCUT2D eigenvalue weighted by Crippen LogP contribution is -2.16. The van der Waals surface area contributed by atoms with Crippen LogP contribution in [0.15, 0.2) is 0 Å². The van der Waals surface area contributed by atoms with Crippen LogP contribution < -0.4 is 0 Å². The smallest absolute Gasteiger partial charge is 0.300 e. The third kappa shape index (κ3) is 6.59. The Bertz CT molecular complexity index is 259. The molecule has 6 heteroatoms. The van der Waals surface area contributed by atoms with Crippen LogP contribution in [0.1, 0.15) is 26.7 Å². The van der Waals surface area contributed by atoms with E-state index >= 15 is 0 Å². The van der Waals surface area contributed by atoms with Crippen molar-refractivity contribution in [2.75, 3.05) is 6.54 Å². The van der Waals surface area contributed by atoms with Crippen LogP contribution in [0.2, 0.25) is 0 Å². The summed E-state index contributed by atoms with van der Waals surface area (Å²) in [7, 11) is 0. The van der Waals surface area contributed by atoms with Gasteiger partial charge in [-0.2, -0.15) is 0 Å². The molecule has 0 aromatic heterocycles. The molecule has 86 valence electrons. The van der Waals surface area contributed by atoms with Gasteiger partial charge in [0.1, 0.15) is 5.78 Å². The van der Waals surface area contributed by atoms with Crippen LogP contribution in [0.4, 0.5) is 0 Å². The third-order valence-electron chi connectivity index (χ3n) is 2.23. The van der Waals surface area contributed by atoms with E-state index in [9.17, 15) is 14.9 Å². The SMILES string of the molecule is CC(=O)O.CC1CC(=O)CC1C[N+](=O)[O-]. The molecular weight excluding hydrogens is 202 g/mol. The van der Waals surface area contributed by atoms with Gasteiger partial charge >= 0.3 is 0 Å². The van der Waals surface area contributed by atoms with Gasteiger partial charge in [-0.05, 0) is 5.92 Å². The Hall–Kier alpha value is -1.46. The van der Waals surface area contributed by atoms with Crippen molar-refractivity contribution in [3.63, 3.8) is 0 Å². The first-order valence-electron chi connectivity index (χ1n) is 4.66. The van der Waals surface area contributed by atoms with Crippen LogP contribution in [0.5, 0.6) is 0 Å². The predicted molar refractivity (Wildman–Crippen MR) is 52.1 cm³/mol. The van der Waals surface area contributed by atoms with Crippen LogP contribution in [0, 0.1) is 22.0 Å². The highest BCUT2D eigenvalue weighted by molar-refractivity contribution is 5.81. The number of ketones is 1. The number of nitro groups is 1. The molecule has 2 atom stereocenters. The molecule has 0 amide bonds. The maximum atomic E-state index is 10.8. The largest absolute Gasteiger partial charge is 0.481 e. The molecule has 1 fully saturated rings. The van der Waals surface area contributed by atoms with E-state index in [1.165, 1.54) is 0 Å². The molecule has 1 aliphatic rings. The van der Waals surface area contributed by atoms with E-state index in [0.29, 0.717) is 12.8 Å². The van der Waals surface area contributed by atoms with Gasteiger partial charge in [0.05, 0.1) is 0 Å². The van der Waals surface area contributed by atoms with Crippen LogP contribution in [0.25, 0.3) is 0 Å². The second-order valence-corrected chi connectivity index (χ2v) is 3.72. The lowest BCUT2D eigenvalue weighted by atomic mass is 9.99. The highest BCUT2D eigenvalue weighted by atomic mass is 16.6. The highest BCUT2D eigenvalue weighted by Crippen LogP contribution is 2.28. The minimum absolute atomic E-state index is 0.0162. The van der Waals surface area contributed by atoms with Crippen molar-refractivity contribution in [3.05, 3.63) is 10.1 Å². The number of nitrogens with zero attached hydrogens (tertiary/aromatic N) is 1. The highest BCUT2D eigenvalue weighted by Gasteiger charge is 2.32. The number of carbonyl (C=O) groups excluding carboxylic acids is 1. The van der Waals surface area contributed by atoms with Crippen molar-refractivity contribution in [1.82, 2.24) is 0 Å². The summed E-state index contributed by atoms with van der Waals surface area (Å²) >= 11 is 0.